The third-order valence-corrected chi connectivity index (χ3v) is 6.50. The van der Waals surface area contributed by atoms with E-state index in [1.165, 1.54) is 4.90 Å². The topological polar surface area (TPSA) is 133 Å². The molecule has 8 nitrogen and oxygen atoms in total. The number of nitrogen functional groups attached to an aromatic ring is 1. The summed E-state index contributed by atoms with van der Waals surface area (Å²) < 4.78 is 0. The Morgan fingerprint density at radius 3 is 2.57 bits per heavy atom. The Balaban J connectivity index is 1.67. The number of rotatable bonds is 8. The van der Waals surface area contributed by atoms with Crippen LogP contribution in [0.1, 0.15) is 51.0 Å². The van der Waals surface area contributed by atoms with Crippen molar-refractivity contribution in [1.82, 2.24) is 10.2 Å². The first-order chi connectivity index (χ1) is 14.3. The number of para-hydroxylation sites is 1. The van der Waals surface area contributed by atoms with Crippen molar-refractivity contribution >= 4 is 23.5 Å². The van der Waals surface area contributed by atoms with Crippen LogP contribution >= 0.6 is 0 Å². The zero-order valence-electron chi connectivity index (χ0n) is 17.3. The number of nitrogens with one attached hydrogen (secondary N) is 1. The van der Waals surface area contributed by atoms with Gasteiger partial charge in [-0.25, -0.2) is 4.79 Å². The highest BCUT2D eigenvalue weighted by Crippen LogP contribution is 2.40. The smallest absolute Gasteiger partial charge is 0.326 e. The minimum absolute atomic E-state index is 0.0657. The van der Waals surface area contributed by atoms with Gasteiger partial charge in [0.1, 0.15) is 12.1 Å². The number of carbonyl (C=O) groups is 3. The number of carboxylic acids is 2. The van der Waals surface area contributed by atoms with E-state index >= 15 is 0 Å². The molecule has 0 spiro atoms. The summed E-state index contributed by atoms with van der Waals surface area (Å²) in [5.74, 6) is -2.15. The van der Waals surface area contributed by atoms with Gasteiger partial charge in [0.25, 0.3) is 0 Å². The van der Waals surface area contributed by atoms with Crippen LogP contribution in [-0.2, 0) is 20.8 Å². The lowest BCUT2D eigenvalue weighted by Crippen LogP contribution is -2.55. The fourth-order valence-electron chi connectivity index (χ4n) is 4.93. The van der Waals surface area contributed by atoms with Gasteiger partial charge in [0, 0.05) is 11.7 Å². The lowest BCUT2D eigenvalue weighted by molar-refractivity contribution is -0.151. The van der Waals surface area contributed by atoms with E-state index in [2.05, 4.69) is 5.32 Å². The van der Waals surface area contributed by atoms with E-state index in [1.54, 1.807) is 13.0 Å². The largest absolute Gasteiger partial charge is 0.480 e. The van der Waals surface area contributed by atoms with Gasteiger partial charge >= 0.3 is 11.9 Å². The monoisotopic (exact) mass is 417 g/mol. The van der Waals surface area contributed by atoms with E-state index in [0.29, 0.717) is 18.5 Å². The number of anilines is 1. The third-order valence-electron chi connectivity index (χ3n) is 6.50. The fraction of sp³-hybridized carbons (Fsp3) is 0.591. The number of amides is 1. The number of fused-ring (bicyclic) bond motifs is 1. The summed E-state index contributed by atoms with van der Waals surface area (Å²) in [6.07, 6.45) is 5.01. The number of benzene rings is 1. The molecule has 1 aromatic rings. The van der Waals surface area contributed by atoms with Crippen LogP contribution in [0, 0.1) is 5.92 Å². The van der Waals surface area contributed by atoms with E-state index in [9.17, 15) is 24.6 Å². The molecule has 1 aromatic carbocycles. The molecule has 0 radical (unpaired) electrons. The number of carboxylic acid groups (broad SMARTS) is 2. The highest BCUT2D eigenvalue weighted by atomic mass is 16.4. The van der Waals surface area contributed by atoms with Crippen molar-refractivity contribution in [3.05, 3.63) is 29.8 Å². The molecule has 5 atom stereocenters. The minimum atomic E-state index is -1.05. The van der Waals surface area contributed by atoms with Crippen LogP contribution in [0.25, 0.3) is 0 Å². The summed E-state index contributed by atoms with van der Waals surface area (Å²) in [5.41, 5.74) is 7.40. The van der Waals surface area contributed by atoms with Crippen LogP contribution in [0.4, 0.5) is 5.69 Å². The Morgan fingerprint density at radius 2 is 1.90 bits per heavy atom. The molecule has 8 heteroatoms. The zero-order valence-corrected chi connectivity index (χ0v) is 17.3. The molecule has 1 amide bonds. The van der Waals surface area contributed by atoms with Gasteiger partial charge in [-0.05, 0) is 56.6 Å². The highest BCUT2D eigenvalue weighted by Gasteiger charge is 2.48. The van der Waals surface area contributed by atoms with E-state index in [-0.39, 0.29) is 24.3 Å². The second-order valence-corrected chi connectivity index (χ2v) is 8.46. The maximum atomic E-state index is 13.2. The lowest BCUT2D eigenvalue weighted by Gasteiger charge is -2.35. The Labute approximate surface area is 176 Å². The number of carbonyl (C=O) groups excluding carboxylic acids is 1. The number of aryl methyl sites for hydroxylation is 1. The SMILES string of the molecule is CC(NC(CCc1ccccc1N)C(=O)O)C(=O)N1C2CCCCC2C[C@H]1C(=O)O. The number of aliphatic carboxylic acids is 2. The molecule has 2 aliphatic rings. The molecule has 1 heterocycles. The Kier molecular flexibility index (Phi) is 6.97. The van der Waals surface area contributed by atoms with E-state index in [0.717, 1.165) is 31.2 Å². The van der Waals surface area contributed by atoms with Gasteiger partial charge in [-0.3, -0.25) is 14.9 Å². The maximum absolute atomic E-state index is 13.2. The van der Waals surface area contributed by atoms with Gasteiger partial charge in [-0.1, -0.05) is 31.0 Å². The van der Waals surface area contributed by atoms with Gasteiger partial charge in [0.15, 0.2) is 0 Å². The van der Waals surface area contributed by atoms with Crippen LogP contribution < -0.4 is 11.1 Å². The number of hydrogen-bond acceptors (Lipinski definition) is 5. The molecular weight excluding hydrogens is 386 g/mol. The number of nitrogens with two attached hydrogens (primary N) is 1. The van der Waals surface area contributed by atoms with Crippen molar-refractivity contribution in [1.29, 1.82) is 0 Å². The molecule has 164 valence electrons. The molecule has 1 aliphatic heterocycles. The first-order valence-electron chi connectivity index (χ1n) is 10.7. The summed E-state index contributed by atoms with van der Waals surface area (Å²) in [4.78, 5) is 38.3. The Bertz CT molecular complexity index is 799. The maximum Gasteiger partial charge on any atom is 0.326 e. The molecular formula is C22H31N3O5. The van der Waals surface area contributed by atoms with Crippen molar-refractivity contribution in [2.24, 2.45) is 5.92 Å². The Morgan fingerprint density at radius 1 is 1.20 bits per heavy atom. The summed E-state index contributed by atoms with van der Waals surface area (Å²) in [7, 11) is 0. The van der Waals surface area contributed by atoms with Gasteiger partial charge in [-0.2, -0.15) is 0 Å². The first kappa shape index (κ1) is 22.1. The van der Waals surface area contributed by atoms with Crippen molar-refractivity contribution in [3.63, 3.8) is 0 Å². The lowest BCUT2D eigenvalue weighted by atomic mass is 9.84. The van der Waals surface area contributed by atoms with Gasteiger partial charge in [0.2, 0.25) is 5.91 Å². The average molecular weight is 418 g/mol. The van der Waals surface area contributed by atoms with Crippen molar-refractivity contribution in [3.8, 4) is 0 Å². The predicted octanol–water partition coefficient (Wildman–Crippen LogP) is 1.88. The minimum Gasteiger partial charge on any atom is -0.480 e. The number of likely N-dealkylation sites (tertiary alicyclic amines) is 1. The molecule has 1 saturated heterocycles. The average Bonchev–Trinajstić information content (AvgIpc) is 3.11. The second kappa shape index (κ2) is 9.47. The summed E-state index contributed by atoms with van der Waals surface area (Å²) >= 11 is 0. The van der Waals surface area contributed by atoms with Crippen LogP contribution in [0.2, 0.25) is 0 Å². The molecule has 1 saturated carbocycles. The normalized spacial score (nSPS) is 25.4. The van der Waals surface area contributed by atoms with Crippen LogP contribution in [0.5, 0.6) is 0 Å². The van der Waals surface area contributed by atoms with Crippen molar-refractivity contribution in [2.75, 3.05) is 5.73 Å². The molecule has 5 N–H and O–H groups in total. The zero-order chi connectivity index (χ0) is 21.8. The van der Waals surface area contributed by atoms with Crippen molar-refractivity contribution < 1.29 is 24.6 Å². The summed E-state index contributed by atoms with van der Waals surface area (Å²) in [6.45, 7) is 1.62. The molecule has 0 aromatic heterocycles. The molecule has 30 heavy (non-hydrogen) atoms. The van der Waals surface area contributed by atoms with Crippen LogP contribution in [0.15, 0.2) is 24.3 Å². The van der Waals surface area contributed by atoms with Crippen molar-refractivity contribution in [2.45, 2.75) is 76.0 Å². The summed E-state index contributed by atoms with van der Waals surface area (Å²) in [5, 5.41) is 22.2. The van der Waals surface area contributed by atoms with Crippen LogP contribution in [0.3, 0.4) is 0 Å². The Hall–Kier alpha value is -2.61. The third kappa shape index (κ3) is 4.75. The van der Waals surface area contributed by atoms with Gasteiger partial charge in [-0.15, -0.1) is 0 Å². The molecule has 4 unspecified atom stereocenters. The quantitative estimate of drug-likeness (QED) is 0.475. The predicted molar refractivity (Wildman–Crippen MR) is 112 cm³/mol. The standard InChI is InChI=1S/C22H31N3O5/c1-13(24-17(21(27)28)11-10-14-6-2-4-8-16(14)23)20(26)25-18-9-5-3-7-15(18)12-19(25)22(29)30/h2,4,6,8,13,15,17-19,24H,3,5,7,9-12,23H2,1H3,(H,27,28)(H,29,30)/t13?,15?,17?,18?,19-/m0/s1. The molecule has 2 fully saturated rings. The highest BCUT2D eigenvalue weighted by molar-refractivity contribution is 5.88. The first-order valence-corrected chi connectivity index (χ1v) is 10.7. The van der Waals surface area contributed by atoms with E-state index in [1.807, 2.05) is 18.2 Å². The molecule has 3 rings (SSSR count). The summed E-state index contributed by atoms with van der Waals surface area (Å²) in [6, 6.07) is 4.67. The fourth-order valence-corrected chi connectivity index (χ4v) is 4.93. The number of nitrogens with zero attached hydrogens (tertiary/aromatic N) is 1. The van der Waals surface area contributed by atoms with E-state index in [4.69, 9.17) is 5.73 Å². The second-order valence-electron chi connectivity index (χ2n) is 8.46. The van der Waals surface area contributed by atoms with Gasteiger partial charge in [0.05, 0.1) is 6.04 Å². The van der Waals surface area contributed by atoms with Gasteiger partial charge < -0.3 is 20.8 Å². The number of hydrogen-bond donors (Lipinski definition) is 4. The molecule has 0 bridgehead atoms. The van der Waals surface area contributed by atoms with Crippen LogP contribution in [-0.4, -0.2) is 57.1 Å². The molecule has 1 aliphatic carbocycles. The van der Waals surface area contributed by atoms with E-state index < -0.39 is 30.1 Å².